The highest BCUT2D eigenvalue weighted by Gasteiger charge is 2.02. The summed E-state index contributed by atoms with van der Waals surface area (Å²) in [6.45, 7) is 4.74. The van der Waals surface area contributed by atoms with E-state index in [9.17, 15) is 0 Å². The van der Waals surface area contributed by atoms with Crippen LogP contribution in [0.1, 0.15) is 19.4 Å². The van der Waals surface area contributed by atoms with Crippen molar-refractivity contribution < 1.29 is 0 Å². The van der Waals surface area contributed by atoms with Gasteiger partial charge in [-0.15, -0.1) is 0 Å². The Morgan fingerprint density at radius 2 is 2.00 bits per heavy atom. The van der Waals surface area contributed by atoms with Crippen LogP contribution in [0.3, 0.4) is 0 Å². The Morgan fingerprint density at radius 3 is 2.74 bits per heavy atom. The first-order chi connectivity index (χ1) is 9.15. The van der Waals surface area contributed by atoms with E-state index in [1.165, 1.54) is 0 Å². The van der Waals surface area contributed by atoms with E-state index >= 15 is 0 Å². The zero-order valence-electron chi connectivity index (χ0n) is 11.0. The lowest BCUT2D eigenvalue weighted by Crippen LogP contribution is -2.12. The van der Waals surface area contributed by atoms with Crippen molar-refractivity contribution in [1.29, 1.82) is 0 Å². The molecule has 1 aromatic heterocycles. The highest BCUT2D eigenvalue weighted by molar-refractivity contribution is 6.31. The third kappa shape index (κ3) is 4.10. The van der Waals surface area contributed by atoms with Gasteiger partial charge >= 0.3 is 0 Å². The summed E-state index contributed by atoms with van der Waals surface area (Å²) in [7, 11) is 0. The summed E-state index contributed by atoms with van der Waals surface area (Å²) in [5.41, 5.74) is 1.02. The number of hydrogen-bond acceptors (Lipinski definition) is 4. The second-order valence-electron chi connectivity index (χ2n) is 4.51. The first-order valence-electron chi connectivity index (χ1n) is 6.22. The van der Waals surface area contributed by atoms with Crippen LogP contribution in [-0.2, 0) is 6.54 Å². The Kier molecular flexibility index (Phi) is 4.58. The molecule has 2 N–H and O–H groups in total. The number of halogens is 1. The smallest absolute Gasteiger partial charge is 0.224 e. The molecule has 0 unspecified atom stereocenters. The quantitative estimate of drug-likeness (QED) is 0.877. The Morgan fingerprint density at radius 1 is 1.21 bits per heavy atom. The van der Waals surface area contributed by atoms with Crippen molar-refractivity contribution in [3.8, 4) is 0 Å². The van der Waals surface area contributed by atoms with Crippen LogP contribution in [0, 0.1) is 0 Å². The first kappa shape index (κ1) is 13.6. The number of anilines is 2. The van der Waals surface area contributed by atoms with Gasteiger partial charge in [-0.3, -0.25) is 0 Å². The van der Waals surface area contributed by atoms with Crippen molar-refractivity contribution >= 4 is 23.4 Å². The van der Waals surface area contributed by atoms with Crippen LogP contribution in [0.15, 0.2) is 36.5 Å². The largest absolute Gasteiger partial charge is 0.368 e. The highest BCUT2D eigenvalue weighted by atomic mass is 35.5. The van der Waals surface area contributed by atoms with Gasteiger partial charge in [0, 0.05) is 23.8 Å². The van der Waals surface area contributed by atoms with Crippen molar-refractivity contribution in [2.24, 2.45) is 0 Å². The average Bonchev–Trinajstić information content (AvgIpc) is 2.37. The fraction of sp³-hybridized carbons (Fsp3) is 0.286. The monoisotopic (exact) mass is 276 g/mol. The molecule has 100 valence electrons. The predicted octanol–water partition coefficient (Wildman–Crippen LogP) is 3.56. The van der Waals surface area contributed by atoms with Gasteiger partial charge in [-0.05, 0) is 31.5 Å². The molecule has 0 spiro atoms. The molecule has 0 atom stereocenters. The predicted molar refractivity (Wildman–Crippen MR) is 79.6 cm³/mol. The number of nitrogens with zero attached hydrogens (tertiary/aromatic N) is 2. The Labute approximate surface area is 118 Å². The molecule has 2 aromatic rings. The van der Waals surface area contributed by atoms with E-state index in [1.807, 2.05) is 30.3 Å². The second kappa shape index (κ2) is 6.38. The maximum absolute atomic E-state index is 6.10. The van der Waals surface area contributed by atoms with E-state index in [1.54, 1.807) is 6.20 Å². The molecular formula is C14H17ClN4. The van der Waals surface area contributed by atoms with Gasteiger partial charge in [0.1, 0.15) is 5.82 Å². The summed E-state index contributed by atoms with van der Waals surface area (Å²) in [6.07, 6.45) is 1.73. The zero-order chi connectivity index (χ0) is 13.7. The number of aromatic nitrogens is 2. The van der Waals surface area contributed by atoms with Crippen LogP contribution in [0.25, 0.3) is 0 Å². The van der Waals surface area contributed by atoms with Gasteiger partial charge in [0.2, 0.25) is 5.95 Å². The van der Waals surface area contributed by atoms with Crippen molar-refractivity contribution in [2.75, 3.05) is 10.6 Å². The topological polar surface area (TPSA) is 49.8 Å². The molecule has 19 heavy (non-hydrogen) atoms. The maximum atomic E-state index is 6.10. The van der Waals surface area contributed by atoms with Crippen LogP contribution < -0.4 is 10.6 Å². The molecule has 0 fully saturated rings. The molecule has 0 saturated heterocycles. The fourth-order valence-electron chi connectivity index (χ4n) is 1.64. The molecular weight excluding hydrogens is 260 g/mol. The standard InChI is InChI=1S/C14H17ClN4/c1-10(2)18-13-7-8-16-14(19-13)17-9-11-5-3-4-6-12(11)15/h3-8,10H,9H2,1-2H3,(H2,16,17,18,19). The zero-order valence-corrected chi connectivity index (χ0v) is 11.8. The van der Waals surface area contributed by atoms with Crippen molar-refractivity contribution in [2.45, 2.75) is 26.4 Å². The summed E-state index contributed by atoms with van der Waals surface area (Å²) < 4.78 is 0. The minimum absolute atomic E-state index is 0.339. The lowest BCUT2D eigenvalue weighted by Gasteiger charge is -2.11. The minimum Gasteiger partial charge on any atom is -0.368 e. The minimum atomic E-state index is 0.339. The van der Waals surface area contributed by atoms with Crippen LogP contribution in [0.5, 0.6) is 0 Å². The summed E-state index contributed by atoms with van der Waals surface area (Å²) in [5, 5.41) is 7.15. The van der Waals surface area contributed by atoms with E-state index in [2.05, 4.69) is 34.4 Å². The Hall–Kier alpha value is -1.81. The van der Waals surface area contributed by atoms with Gasteiger partial charge < -0.3 is 10.6 Å². The lowest BCUT2D eigenvalue weighted by atomic mass is 10.2. The van der Waals surface area contributed by atoms with E-state index in [-0.39, 0.29) is 0 Å². The van der Waals surface area contributed by atoms with Crippen molar-refractivity contribution in [1.82, 2.24) is 9.97 Å². The molecule has 0 bridgehead atoms. The van der Waals surface area contributed by atoms with Gasteiger partial charge in [0.25, 0.3) is 0 Å². The van der Waals surface area contributed by atoms with Crippen LogP contribution in [0.2, 0.25) is 5.02 Å². The summed E-state index contributed by atoms with van der Waals surface area (Å²) in [6, 6.07) is 9.91. The summed E-state index contributed by atoms with van der Waals surface area (Å²) >= 11 is 6.10. The Balaban J connectivity index is 2.02. The molecule has 2 rings (SSSR count). The molecule has 5 heteroatoms. The maximum Gasteiger partial charge on any atom is 0.224 e. The highest BCUT2D eigenvalue weighted by Crippen LogP contribution is 2.16. The van der Waals surface area contributed by atoms with Crippen molar-refractivity contribution in [3.63, 3.8) is 0 Å². The summed E-state index contributed by atoms with van der Waals surface area (Å²) in [5.74, 6) is 1.40. The van der Waals surface area contributed by atoms with Crippen LogP contribution >= 0.6 is 11.6 Å². The van der Waals surface area contributed by atoms with E-state index in [0.717, 1.165) is 16.4 Å². The van der Waals surface area contributed by atoms with Gasteiger partial charge in [-0.25, -0.2) is 4.98 Å². The molecule has 0 aliphatic carbocycles. The van der Waals surface area contributed by atoms with Gasteiger partial charge in [0.15, 0.2) is 0 Å². The number of hydrogen-bond donors (Lipinski definition) is 2. The average molecular weight is 277 g/mol. The molecule has 1 heterocycles. The Bertz CT molecular complexity index is 542. The fourth-order valence-corrected chi connectivity index (χ4v) is 1.84. The number of rotatable bonds is 5. The molecule has 0 amide bonds. The second-order valence-corrected chi connectivity index (χ2v) is 4.92. The van der Waals surface area contributed by atoms with Gasteiger partial charge in [0.05, 0.1) is 0 Å². The third-order valence-electron chi connectivity index (χ3n) is 2.49. The van der Waals surface area contributed by atoms with Crippen molar-refractivity contribution in [3.05, 3.63) is 47.1 Å². The number of benzene rings is 1. The molecule has 0 radical (unpaired) electrons. The van der Waals surface area contributed by atoms with E-state index < -0.39 is 0 Å². The molecule has 0 aliphatic heterocycles. The van der Waals surface area contributed by atoms with E-state index in [4.69, 9.17) is 11.6 Å². The third-order valence-corrected chi connectivity index (χ3v) is 2.86. The summed E-state index contributed by atoms with van der Waals surface area (Å²) in [4.78, 5) is 8.57. The SMILES string of the molecule is CC(C)Nc1ccnc(NCc2ccccc2Cl)n1. The number of nitrogens with one attached hydrogen (secondary N) is 2. The molecule has 4 nitrogen and oxygen atoms in total. The molecule has 0 aliphatic rings. The lowest BCUT2D eigenvalue weighted by molar-refractivity contribution is 0.885. The normalized spacial score (nSPS) is 10.5. The molecule has 0 saturated carbocycles. The van der Waals surface area contributed by atoms with E-state index in [0.29, 0.717) is 18.5 Å². The first-order valence-corrected chi connectivity index (χ1v) is 6.60. The van der Waals surface area contributed by atoms with Crippen LogP contribution in [-0.4, -0.2) is 16.0 Å². The van der Waals surface area contributed by atoms with Crippen LogP contribution in [0.4, 0.5) is 11.8 Å². The van der Waals surface area contributed by atoms with Gasteiger partial charge in [-0.2, -0.15) is 4.98 Å². The molecule has 1 aromatic carbocycles. The van der Waals surface area contributed by atoms with Gasteiger partial charge in [-0.1, -0.05) is 29.8 Å².